The maximum absolute atomic E-state index is 11.7. The summed E-state index contributed by atoms with van der Waals surface area (Å²) >= 11 is 0. The molecule has 0 saturated carbocycles. The van der Waals surface area contributed by atoms with Gasteiger partial charge in [0, 0.05) is 19.6 Å². The van der Waals surface area contributed by atoms with Crippen molar-refractivity contribution in [3.05, 3.63) is 0 Å². The van der Waals surface area contributed by atoms with Crippen molar-refractivity contribution < 1.29 is 9.53 Å². The Morgan fingerprint density at radius 3 is 2.80 bits per heavy atom. The molecule has 1 aliphatic rings. The molecule has 1 saturated heterocycles. The molecule has 0 aliphatic carbocycles. The molecule has 0 aromatic heterocycles. The minimum atomic E-state index is -0.298. The SMILES string of the molecule is CCC(CC)CNC(=O)C1CNCCO1. The van der Waals surface area contributed by atoms with Crippen LogP contribution in [0.5, 0.6) is 0 Å². The summed E-state index contributed by atoms with van der Waals surface area (Å²) < 4.78 is 5.36. The van der Waals surface area contributed by atoms with E-state index in [9.17, 15) is 4.79 Å². The second-order valence-electron chi connectivity index (χ2n) is 3.99. The molecular formula is C11H22N2O2. The molecule has 4 nitrogen and oxygen atoms in total. The van der Waals surface area contributed by atoms with Gasteiger partial charge in [-0.25, -0.2) is 0 Å². The molecule has 1 atom stereocenters. The lowest BCUT2D eigenvalue weighted by Crippen LogP contribution is -2.48. The monoisotopic (exact) mass is 214 g/mol. The van der Waals surface area contributed by atoms with Crippen molar-refractivity contribution in [1.29, 1.82) is 0 Å². The van der Waals surface area contributed by atoms with Crippen molar-refractivity contribution in [2.75, 3.05) is 26.2 Å². The van der Waals surface area contributed by atoms with Crippen LogP contribution in [0.15, 0.2) is 0 Å². The maximum atomic E-state index is 11.7. The first kappa shape index (κ1) is 12.5. The number of carbonyl (C=O) groups is 1. The fourth-order valence-electron chi connectivity index (χ4n) is 1.67. The maximum Gasteiger partial charge on any atom is 0.250 e. The highest BCUT2D eigenvalue weighted by Crippen LogP contribution is 2.05. The first-order valence-corrected chi connectivity index (χ1v) is 5.88. The van der Waals surface area contributed by atoms with E-state index in [1.807, 2.05) is 0 Å². The number of rotatable bonds is 5. The van der Waals surface area contributed by atoms with Crippen LogP contribution in [0.3, 0.4) is 0 Å². The Labute approximate surface area is 91.8 Å². The van der Waals surface area contributed by atoms with Gasteiger partial charge in [0.1, 0.15) is 6.10 Å². The van der Waals surface area contributed by atoms with E-state index in [1.165, 1.54) is 0 Å². The Morgan fingerprint density at radius 2 is 2.27 bits per heavy atom. The summed E-state index contributed by atoms with van der Waals surface area (Å²) in [6, 6.07) is 0. The summed E-state index contributed by atoms with van der Waals surface area (Å²) in [5, 5.41) is 6.10. The Balaban J connectivity index is 2.22. The van der Waals surface area contributed by atoms with Crippen LogP contribution in [0.25, 0.3) is 0 Å². The topological polar surface area (TPSA) is 50.4 Å². The molecule has 0 aromatic rings. The van der Waals surface area contributed by atoms with Gasteiger partial charge in [0.2, 0.25) is 5.91 Å². The zero-order chi connectivity index (χ0) is 11.1. The van der Waals surface area contributed by atoms with Gasteiger partial charge >= 0.3 is 0 Å². The molecule has 0 bridgehead atoms. The first-order valence-electron chi connectivity index (χ1n) is 5.88. The lowest BCUT2D eigenvalue weighted by Gasteiger charge is -2.23. The van der Waals surface area contributed by atoms with Gasteiger partial charge in [0.25, 0.3) is 0 Å². The van der Waals surface area contributed by atoms with E-state index in [0.29, 0.717) is 19.1 Å². The molecule has 1 unspecified atom stereocenters. The van der Waals surface area contributed by atoms with Crippen LogP contribution in [0, 0.1) is 5.92 Å². The van der Waals surface area contributed by atoms with Crippen molar-refractivity contribution in [3.63, 3.8) is 0 Å². The number of amides is 1. The molecule has 1 rings (SSSR count). The lowest BCUT2D eigenvalue weighted by molar-refractivity contribution is -0.134. The molecule has 2 N–H and O–H groups in total. The van der Waals surface area contributed by atoms with Crippen LogP contribution in [0.1, 0.15) is 26.7 Å². The number of hydrogen-bond acceptors (Lipinski definition) is 3. The Hall–Kier alpha value is -0.610. The standard InChI is InChI=1S/C11H22N2O2/c1-3-9(4-2)7-13-11(14)10-8-12-5-6-15-10/h9-10,12H,3-8H2,1-2H3,(H,13,14). The smallest absolute Gasteiger partial charge is 0.250 e. The largest absolute Gasteiger partial charge is 0.366 e. The van der Waals surface area contributed by atoms with Crippen molar-refractivity contribution >= 4 is 5.91 Å². The van der Waals surface area contributed by atoms with Gasteiger partial charge in [-0.3, -0.25) is 4.79 Å². The third kappa shape index (κ3) is 4.18. The fraction of sp³-hybridized carbons (Fsp3) is 0.909. The van der Waals surface area contributed by atoms with Crippen LogP contribution in [-0.2, 0) is 9.53 Å². The summed E-state index contributed by atoms with van der Waals surface area (Å²) in [5.74, 6) is 0.611. The van der Waals surface area contributed by atoms with E-state index in [0.717, 1.165) is 25.9 Å². The average Bonchev–Trinajstić information content (AvgIpc) is 2.31. The number of carbonyl (C=O) groups excluding carboxylic acids is 1. The summed E-state index contributed by atoms with van der Waals surface area (Å²) in [7, 11) is 0. The molecule has 0 radical (unpaired) electrons. The molecule has 0 spiro atoms. The molecule has 0 aromatic carbocycles. The lowest BCUT2D eigenvalue weighted by atomic mass is 10.0. The minimum Gasteiger partial charge on any atom is -0.366 e. The van der Waals surface area contributed by atoms with E-state index >= 15 is 0 Å². The predicted molar refractivity (Wildman–Crippen MR) is 59.7 cm³/mol. The Morgan fingerprint density at radius 1 is 1.53 bits per heavy atom. The number of morpholine rings is 1. The average molecular weight is 214 g/mol. The van der Waals surface area contributed by atoms with Crippen molar-refractivity contribution in [2.24, 2.45) is 5.92 Å². The Kier molecular flexibility index (Phi) is 5.65. The molecule has 1 fully saturated rings. The van der Waals surface area contributed by atoms with Crippen LogP contribution >= 0.6 is 0 Å². The van der Waals surface area contributed by atoms with Gasteiger partial charge in [0.05, 0.1) is 6.61 Å². The molecule has 1 amide bonds. The summed E-state index contributed by atoms with van der Waals surface area (Å²) in [6.45, 7) is 7.18. The van der Waals surface area contributed by atoms with Gasteiger partial charge in [-0.2, -0.15) is 0 Å². The van der Waals surface area contributed by atoms with E-state index in [4.69, 9.17) is 4.74 Å². The highest BCUT2D eigenvalue weighted by Gasteiger charge is 2.21. The third-order valence-electron chi connectivity index (χ3n) is 2.94. The quantitative estimate of drug-likeness (QED) is 0.702. The minimum absolute atomic E-state index is 0.0223. The number of ether oxygens (including phenoxy) is 1. The fourth-order valence-corrected chi connectivity index (χ4v) is 1.67. The zero-order valence-electron chi connectivity index (χ0n) is 9.71. The Bertz CT molecular complexity index is 187. The van der Waals surface area contributed by atoms with Crippen molar-refractivity contribution in [2.45, 2.75) is 32.8 Å². The van der Waals surface area contributed by atoms with Gasteiger partial charge in [-0.1, -0.05) is 26.7 Å². The van der Waals surface area contributed by atoms with Gasteiger partial charge in [-0.05, 0) is 5.92 Å². The summed E-state index contributed by atoms with van der Waals surface area (Å²) in [6.07, 6.45) is 1.93. The first-order chi connectivity index (χ1) is 7.27. The van der Waals surface area contributed by atoms with E-state index in [2.05, 4.69) is 24.5 Å². The van der Waals surface area contributed by atoms with Crippen LogP contribution in [0.4, 0.5) is 0 Å². The van der Waals surface area contributed by atoms with Crippen LogP contribution < -0.4 is 10.6 Å². The summed E-state index contributed by atoms with van der Waals surface area (Å²) in [5.41, 5.74) is 0. The second-order valence-corrected chi connectivity index (χ2v) is 3.99. The molecule has 1 aliphatic heterocycles. The molecule has 1 heterocycles. The van der Waals surface area contributed by atoms with Crippen LogP contribution in [0.2, 0.25) is 0 Å². The third-order valence-corrected chi connectivity index (χ3v) is 2.94. The highest BCUT2D eigenvalue weighted by molar-refractivity contribution is 5.81. The highest BCUT2D eigenvalue weighted by atomic mass is 16.5. The van der Waals surface area contributed by atoms with Gasteiger partial charge in [-0.15, -0.1) is 0 Å². The van der Waals surface area contributed by atoms with E-state index in [1.54, 1.807) is 0 Å². The van der Waals surface area contributed by atoms with Crippen molar-refractivity contribution in [1.82, 2.24) is 10.6 Å². The molecule has 88 valence electrons. The van der Waals surface area contributed by atoms with Crippen LogP contribution in [-0.4, -0.2) is 38.3 Å². The second kappa shape index (κ2) is 6.80. The number of nitrogens with one attached hydrogen (secondary N) is 2. The van der Waals surface area contributed by atoms with E-state index < -0.39 is 0 Å². The summed E-state index contributed by atoms with van der Waals surface area (Å²) in [4.78, 5) is 11.7. The van der Waals surface area contributed by atoms with Crippen molar-refractivity contribution in [3.8, 4) is 0 Å². The predicted octanol–water partition coefficient (Wildman–Crippen LogP) is 0.527. The normalized spacial score (nSPS) is 21.7. The number of hydrogen-bond donors (Lipinski definition) is 2. The van der Waals surface area contributed by atoms with Gasteiger partial charge in [0.15, 0.2) is 0 Å². The molecule has 15 heavy (non-hydrogen) atoms. The molecular weight excluding hydrogens is 192 g/mol. The zero-order valence-corrected chi connectivity index (χ0v) is 9.71. The van der Waals surface area contributed by atoms with Gasteiger partial charge < -0.3 is 15.4 Å². The molecule has 4 heteroatoms. The van der Waals surface area contributed by atoms with E-state index in [-0.39, 0.29) is 12.0 Å².